The summed E-state index contributed by atoms with van der Waals surface area (Å²) in [6, 6.07) is 0. The maximum Gasteiger partial charge on any atom is 0.259 e. The van der Waals surface area contributed by atoms with E-state index in [-0.39, 0.29) is 5.78 Å². The van der Waals surface area contributed by atoms with Crippen molar-refractivity contribution in [3.8, 4) is 0 Å². The van der Waals surface area contributed by atoms with Crippen LogP contribution >= 0.6 is 0 Å². The molecule has 0 aromatic carbocycles. The minimum absolute atomic E-state index is 0.332. The summed E-state index contributed by atoms with van der Waals surface area (Å²) < 4.78 is 5.10. The molecule has 1 atom stereocenters. The van der Waals surface area contributed by atoms with Crippen molar-refractivity contribution in [3.63, 3.8) is 0 Å². The van der Waals surface area contributed by atoms with Gasteiger partial charge in [-0.15, -0.1) is 5.06 Å². The maximum atomic E-state index is 11.2. The summed E-state index contributed by atoms with van der Waals surface area (Å²) in [6.45, 7) is 4.27. The average molecular weight is 187 g/mol. The maximum absolute atomic E-state index is 11.2. The summed E-state index contributed by atoms with van der Waals surface area (Å²) in [5.41, 5.74) is -1.50. The Morgan fingerprint density at radius 2 is 2.46 bits per heavy atom. The molecule has 1 saturated heterocycles. The van der Waals surface area contributed by atoms with Gasteiger partial charge in [0.2, 0.25) is 0 Å². The first-order valence-electron chi connectivity index (χ1n) is 4.19. The van der Waals surface area contributed by atoms with Crippen LogP contribution in [0.5, 0.6) is 0 Å². The Bertz CT molecular complexity index is 218. The second kappa shape index (κ2) is 3.95. The van der Waals surface area contributed by atoms with E-state index in [1.807, 2.05) is 0 Å². The number of hydrogen-bond acceptors (Lipinski definition) is 5. The van der Waals surface area contributed by atoms with Crippen LogP contribution in [0, 0.1) is 0 Å². The number of aldehydes is 1. The lowest BCUT2D eigenvalue weighted by atomic mass is 10.2. The summed E-state index contributed by atoms with van der Waals surface area (Å²) >= 11 is 0. The molecule has 1 aliphatic rings. The van der Waals surface area contributed by atoms with Gasteiger partial charge in [-0.25, -0.2) is 0 Å². The van der Waals surface area contributed by atoms with E-state index in [0.717, 1.165) is 0 Å². The van der Waals surface area contributed by atoms with E-state index in [1.165, 1.54) is 12.0 Å². The smallest absolute Gasteiger partial charge is 0.259 e. The molecule has 0 aromatic rings. The van der Waals surface area contributed by atoms with Crippen LogP contribution < -0.4 is 0 Å². The van der Waals surface area contributed by atoms with Crippen molar-refractivity contribution < 1.29 is 19.2 Å². The number of hydrogen-bond donors (Lipinski definition) is 0. The summed E-state index contributed by atoms with van der Waals surface area (Å²) in [5.74, 6) is -0.353. The highest BCUT2D eigenvalue weighted by Gasteiger charge is 2.48. The molecule has 1 heterocycles. The molecule has 0 saturated carbocycles. The number of Topliss-reactive ketones (excluding diaryl/α,β-unsaturated/α-hetero) is 1. The van der Waals surface area contributed by atoms with Crippen LogP contribution in [0.3, 0.4) is 0 Å². The van der Waals surface area contributed by atoms with Crippen molar-refractivity contribution in [3.05, 3.63) is 0 Å². The molecule has 0 aliphatic carbocycles. The Balaban J connectivity index is 2.83. The fourth-order valence-electron chi connectivity index (χ4n) is 1.29. The number of rotatable bonds is 4. The summed E-state index contributed by atoms with van der Waals surface area (Å²) in [5, 5.41) is 1.29. The molecule has 1 fully saturated rings. The zero-order valence-electron chi connectivity index (χ0n) is 7.78. The predicted octanol–water partition coefficient (Wildman–Crippen LogP) is -0.246. The van der Waals surface area contributed by atoms with E-state index in [4.69, 9.17) is 9.57 Å². The third-order valence-corrected chi connectivity index (χ3v) is 1.94. The van der Waals surface area contributed by atoms with Gasteiger partial charge in [-0.2, -0.15) is 0 Å². The minimum atomic E-state index is -1.50. The lowest BCUT2D eigenvalue weighted by molar-refractivity contribution is -0.234. The van der Waals surface area contributed by atoms with Crippen molar-refractivity contribution in [1.29, 1.82) is 0 Å². The second-order valence-electron chi connectivity index (χ2n) is 2.74. The molecule has 1 aliphatic heterocycles. The normalized spacial score (nSPS) is 29.1. The summed E-state index contributed by atoms with van der Waals surface area (Å²) in [4.78, 5) is 27.1. The number of hydroxylamine groups is 2. The van der Waals surface area contributed by atoms with Crippen molar-refractivity contribution >= 4 is 12.1 Å². The highest BCUT2D eigenvalue weighted by atomic mass is 16.7. The van der Waals surface area contributed by atoms with Crippen molar-refractivity contribution in [2.45, 2.75) is 19.6 Å². The van der Waals surface area contributed by atoms with Gasteiger partial charge in [0.1, 0.15) is 0 Å². The van der Waals surface area contributed by atoms with Crippen LogP contribution in [0.2, 0.25) is 0 Å². The van der Waals surface area contributed by atoms with E-state index in [9.17, 15) is 9.59 Å². The number of ketones is 1. The van der Waals surface area contributed by atoms with Gasteiger partial charge in [-0.3, -0.25) is 14.4 Å². The molecule has 0 bridgehead atoms. The van der Waals surface area contributed by atoms with Crippen LogP contribution in [0.25, 0.3) is 0 Å². The highest BCUT2D eigenvalue weighted by molar-refractivity contribution is 5.99. The van der Waals surface area contributed by atoms with Gasteiger partial charge in [-0.05, 0) is 13.8 Å². The Kier molecular flexibility index (Phi) is 3.13. The Hall–Kier alpha value is -0.780. The lowest BCUT2D eigenvalue weighted by Gasteiger charge is -2.27. The average Bonchev–Trinajstić information content (AvgIpc) is 2.49. The first-order chi connectivity index (χ1) is 6.17. The summed E-state index contributed by atoms with van der Waals surface area (Å²) in [7, 11) is 0. The lowest BCUT2D eigenvalue weighted by Crippen LogP contribution is -2.52. The van der Waals surface area contributed by atoms with Crippen LogP contribution in [-0.2, 0) is 19.2 Å². The number of carbonyl (C=O) groups excluding carboxylic acids is 2. The SMILES string of the molecule is CCON1CCOC1(C=O)C(C)=O. The van der Waals surface area contributed by atoms with Gasteiger partial charge in [0.05, 0.1) is 19.8 Å². The quantitative estimate of drug-likeness (QED) is 0.449. The van der Waals surface area contributed by atoms with Gasteiger partial charge in [0.25, 0.3) is 5.72 Å². The molecule has 1 rings (SSSR count). The van der Waals surface area contributed by atoms with Crippen LogP contribution in [0.1, 0.15) is 13.8 Å². The molecule has 0 spiro atoms. The van der Waals surface area contributed by atoms with Gasteiger partial charge in [0.15, 0.2) is 12.1 Å². The molecular weight excluding hydrogens is 174 g/mol. The minimum Gasteiger partial charge on any atom is -0.344 e. The molecule has 1 unspecified atom stereocenters. The third kappa shape index (κ3) is 1.63. The molecule has 74 valence electrons. The second-order valence-corrected chi connectivity index (χ2v) is 2.74. The molecule has 5 heteroatoms. The predicted molar refractivity (Wildman–Crippen MR) is 43.8 cm³/mol. The van der Waals surface area contributed by atoms with E-state index < -0.39 is 5.72 Å². The molecule has 0 amide bonds. The summed E-state index contributed by atoms with van der Waals surface area (Å²) in [6.07, 6.45) is 0.484. The van der Waals surface area contributed by atoms with Crippen molar-refractivity contribution in [2.75, 3.05) is 19.8 Å². The number of ether oxygens (including phenoxy) is 1. The first-order valence-corrected chi connectivity index (χ1v) is 4.19. The van der Waals surface area contributed by atoms with Crippen molar-refractivity contribution in [2.24, 2.45) is 0 Å². The molecule has 0 aromatic heterocycles. The van der Waals surface area contributed by atoms with Gasteiger partial charge in [0, 0.05) is 0 Å². The third-order valence-electron chi connectivity index (χ3n) is 1.94. The van der Waals surface area contributed by atoms with Gasteiger partial charge in [-0.1, -0.05) is 0 Å². The Labute approximate surface area is 76.6 Å². The van der Waals surface area contributed by atoms with Crippen LogP contribution in [0.4, 0.5) is 0 Å². The van der Waals surface area contributed by atoms with Crippen LogP contribution in [0.15, 0.2) is 0 Å². The van der Waals surface area contributed by atoms with Gasteiger partial charge >= 0.3 is 0 Å². The fourth-order valence-corrected chi connectivity index (χ4v) is 1.29. The standard InChI is InChI=1S/C8H13NO4/c1-3-13-9-4-5-12-8(9,6-10)7(2)11/h6H,3-5H2,1-2H3. The zero-order chi connectivity index (χ0) is 9.90. The van der Waals surface area contributed by atoms with Gasteiger partial charge < -0.3 is 4.74 Å². The fraction of sp³-hybridized carbons (Fsp3) is 0.750. The van der Waals surface area contributed by atoms with E-state index in [1.54, 1.807) is 6.92 Å². The monoisotopic (exact) mass is 187 g/mol. The largest absolute Gasteiger partial charge is 0.344 e. The topological polar surface area (TPSA) is 55.8 Å². The first kappa shape index (κ1) is 10.3. The molecule has 0 N–H and O–H groups in total. The molecule has 5 nitrogen and oxygen atoms in total. The molecule has 13 heavy (non-hydrogen) atoms. The highest BCUT2D eigenvalue weighted by Crippen LogP contribution is 2.22. The molecular formula is C8H13NO4. The van der Waals surface area contributed by atoms with Crippen molar-refractivity contribution in [1.82, 2.24) is 5.06 Å². The zero-order valence-corrected chi connectivity index (χ0v) is 7.78. The van der Waals surface area contributed by atoms with E-state index in [2.05, 4.69) is 0 Å². The molecule has 0 radical (unpaired) electrons. The number of carbonyl (C=O) groups is 2. The number of nitrogens with zero attached hydrogens (tertiary/aromatic N) is 1. The van der Waals surface area contributed by atoms with E-state index in [0.29, 0.717) is 26.0 Å². The van der Waals surface area contributed by atoms with E-state index >= 15 is 0 Å². The Morgan fingerprint density at radius 1 is 1.77 bits per heavy atom. The Morgan fingerprint density at radius 3 is 2.92 bits per heavy atom. The van der Waals surface area contributed by atoms with Crippen LogP contribution in [-0.4, -0.2) is 42.6 Å².